The highest BCUT2D eigenvalue weighted by atomic mass is 19.3. The Morgan fingerprint density at radius 2 is 2.30 bits per heavy atom. The van der Waals surface area contributed by atoms with Gasteiger partial charge in [-0.15, -0.1) is 0 Å². The van der Waals surface area contributed by atoms with Crippen molar-refractivity contribution in [3.8, 4) is 0 Å². The predicted octanol–water partition coefficient (Wildman–Crippen LogP) is 0.430. The number of ketones is 1. The standard InChI is InChI=1S/C6H9F2NO/c1-4(10)5-2-9-3-6(5,7)8/h5,9H,2-3H2,1H3. The lowest BCUT2D eigenvalue weighted by Crippen LogP contribution is -2.31. The fraction of sp³-hybridized carbons (Fsp3) is 0.833. The fourth-order valence-corrected chi connectivity index (χ4v) is 1.10. The Hall–Kier alpha value is -0.510. The molecule has 1 aliphatic heterocycles. The van der Waals surface area contributed by atoms with Crippen molar-refractivity contribution in [2.24, 2.45) is 5.92 Å². The van der Waals surface area contributed by atoms with Gasteiger partial charge in [0.05, 0.1) is 12.5 Å². The first-order valence-electron chi connectivity index (χ1n) is 3.13. The average molecular weight is 149 g/mol. The number of halogens is 2. The van der Waals surface area contributed by atoms with E-state index in [1.54, 1.807) is 0 Å². The van der Waals surface area contributed by atoms with Gasteiger partial charge in [-0.1, -0.05) is 0 Å². The summed E-state index contributed by atoms with van der Waals surface area (Å²) >= 11 is 0. The molecule has 58 valence electrons. The lowest BCUT2D eigenvalue weighted by atomic mass is 10.0. The number of nitrogens with one attached hydrogen (secondary N) is 1. The number of hydrogen-bond donors (Lipinski definition) is 1. The molecule has 0 saturated carbocycles. The van der Waals surface area contributed by atoms with Crippen LogP contribution in [0.25, 0.3) is 0 Å². The van der Waals surface area contributed by atoms with Crippen molar-refractivity contribution in [3.63, 3.8) is 0 Å². The van der Waals surface area contributed by atoms with E-state index in [1.807, 2.05) is 0 Å². The Bertz CT molecular complexity index is 158. The molecule has 1 N–H and O–H groups in total. The van der Waals surface area contributed by atoms with Crippen molar-refractivity contribution in [1.29, 1.82) is 0 Å². The van der Waals surface area contributed by atoms with Crippen LogP contribution in [0.1, 0.15) is 6.92 Å². The second-order valence-corrected chi connectivity index (χ2v) is 2.56. The molecule has 1 unspecified atom stereocenters. The smallest absolute Gasteiger partial charge is 0.271 e. The Kier molecular flexibility index (Phi) is 1.72. The van der Waals surface area contributed by atoms with E-state index in [2.05, 4.69) is 5.32 Å². The first-order chi connectivity index (χ1) is 4.54. The molecular weight excluding hydrogens is 140 g/mol. The molecule has 1 heterocycles. The minimum atomic E-state index is -2.83. The Balaban J connectivity index is 2.68. The number of rotatable bonds is 1. The van der Waals surface area contributed by atoms with E-state index in [-0.39, 0.29) is 13.1 Å². The monoisotopic (exact) mass is 149 g/mol. The highest BCUT2D eigenvalue weighted by Gasteiger charge is 2.46. The van der Waals surface area contributed by atoms with Crippen LogP contribution in [0.15, 0.2) is 0 Å². The van der Waals surface area contributed by atoms with Crippen molar-refractivity contribution < 1.29 is 13.6 Å². The molecule has 0 aromatic heterocycles. The summed E-state index contributed by atoms with van der Waals surface area (Å²) in [5.41, 5.74) is 0. The zero-order valence-corrected chi connectivity index (χ0v) is 5.66. The fourth-order valence-electron chi connectivity index (χ4n) is 1.10. The van der Waals surface area contributed by atoms with Gasteiger partial charge in [0.2, 0.25) is 0 Å². The van der Waals surface area contributed by atoms with Crippen LogP contribution in [-0.2, 0) is 4.79 Å². The van der Waals surface area contributed by atoms with Gasteiger partial charge >= 0.3 is 0 Å². The summed E-state index contributed by atoms with van der Waals surface area (Å²) in [5, 5.41) is 2.47. The van der Waals surface area contributed by atoms with Crippen LogP contribution >= 0.6 is 0 Å². The Morgan fingerprint density at radius 3 is 2.50 bits per heavy atom. The minimum Gasteiger partial charge on any atom is -0.310 e. The van der Waals surface area contributed by atoms with Gasteiger partial charge in [0.1, 0.15) is 5.78 Å². The van der Waals surface area contributed by atoms with E-state index in [4.69, 9.17) is 0 Å². The normalized spacial score (nSPS) is 30.5. The molecule has 0 radical (unpaired) electrons. The summed E-state index contributed by atoms with van der Waals surface area (Å²) in [6.45, 7) is 0.950. The summed E-state index contributed by atoms with van der Waals surface area (Å²) in [7, 11) is 0. The van der Waals surface area contributed by atoms with Crippen molar-refractivity contribution in [2.45, 2.75) is 12.8 Å². The lowest BCUT2D eigenvalue weighted by Gasteiger charge is -2.13. The highest BCUT2D eigenvalue weighted by Crippen LogP contribution is 2.28. The van der Waals surface area contributed by atoms with Gasteiger partial charge in [0.15, 0.2) is 0 Å². The van der Waals surface area contributed by atoms with Gasteiger partial charge in [0.25, 0.3) is 5.92 Å². The first kappa shape index (κ1) is 7.60. The molecule has 1 aliphatic rings. The van der Waals surface area contributed by atoms with Gasteiger partial charge in [-0.25, -0.2) is 8.78 Å². The maximum absolute atomic E-state index is 12.6. The van der Waals surface area contributed by atoms with Crippen LogP contribution < -0.4 is 5.32 Å². The molecule has 4 heteroatoms. The summed E-state index contributed by atoms with van der Waals surface area (Å²) < 4.78 is 25.2. The van der Waals surface area contributed by atoms with E-state index < -0.39 is 17.6 Å². The minimum absolute atomic E-state index is 0.113. The highest BCUT2D eigenvalue weighted by molar-refractivity contribution is 5.80. The van der Waals surface area contributed by atoms with Gasteiger partial charge < -0.3 is 5.32 Å². The number of carbonyl (C=O) groups is 1. The van der Waals surface area contributed by atoms with E-state index in [9.17, 15) is 13.6 Å². The van der Waals surface area contributed by atoms with Crippen LogP contribution in [0.3, 0.4) is 0 Å². The number of Topliss-reactive ketones (excluding diaryl/α,β-unsaturated/α-hetero) is 1. The SMILES string of the molecule is CC(=O)C1CNCC1(F)F. The molecule has 0 spiro atoms. The lowest BCUT2D eigenvalue weighted by molar-refractivity contribution is -0.129. The molecule has 0 amide bonds. The molecular formula is C6H9F2NO. The number of carbonyl (C=O) groups excluding carboxylic acids is 1. The molecule has 1 fully saturated rings. The molecule has 0 aromatic rings. The van der Waals surface area contributed by atoms with Crippen molar-refractivity contribution in [3.05, 3.63) is 0 Å². The molecule has 10 heavy (non-hydrogen) atoms. The maximum atomic E-state index is 12.6. The van der Waals surface area contributed by atoms with Crippen molar-refractivity contribution in [1.82, 2.24) is 5.32 Å². The second-order valence-electron chi connectivity index (χ2n) is 2.56. The van der Waals surface area contributed by atoms with E-state index in [0.29, 0.717) is 0 Å². The summed E-state index contributed by atoms with van der Waals surface area (Å²) in [6.07, 6.45) is 0. The summed E-state index contributed by atoms with van der Waals surface area (Å²) in [6, 6.07) is 0. The zero-order valence-electron chi connectivity index (χ0n) is 5.66. The van der Waals surface area contributed by atoms with Gasteiger partial charge in [-0.3, -0.25) is 4.79 Å². The number of alkyl halides is 2. The van der Waals surface area contributed by atoms with Crippen molar-refractivity contribution >= 4 is 5.78 Å². The third-order valence-electron chi connectivity index (χ3n) is 1.71. The average Bonchev–Trinajstić information content (AvgIpc) is 2.08. The quantitative estimate of drug-likeness (QED) is 0.585. The van der Waals surface area contributed by atoms with Crippen LogP contribution in [-0.4, -0.2) is 24.8 Å². The zero-order chi connectivity index (χ0) is 7.78. The summed E-state index contributed by atoms with van der Waals surface area (Å²) in [4.78, 5) is 10.5. The first-order valence-corrected chi connectivity index (χ1v) is 3.13. The van der Waals surface area contributed by atoms with Gasteiger partial charge in [-0.05, 0) is 6.92 Å². The van der Waals surface area contributed by atoms with Crippen LogP contribution in [0, 0.1) is 5.92 Å². The molecule has 1 rings (SSSR count). The maximum Gasteiger partial charge on any atom is 0.271 e. The third-order valence-corrected chi connectivity index (χ3v) is 1.71. The van der Waals surface area contributed by atoms with Crippen LogP contribution in [0.5, 0.6) is 0 Å². The van der Waals surface area contributed by atoms with Gasteiger partial charge in [0, 0.05) is 6.54 Å². The van der Waals surface area contributed by atoms with E-state index in [1.165, 1.54) is 6.92 Å². The van der Waals surface area contributed by atoms with Crippen molar-refractivity contribution in [2.75, 3.05) is 13.1 Å². The van der Waals surface area contributed by atoms with E-state index in [0.717, 1.165) is 0 Å². The van der Waals surface area contributed by atoms with E-state index >= 15 is 0 Å². The Morgan fingerprint density at radius 1 is 1.70 bits per heavy atom. The Labute approximate surface area is 57.6 Å². The number of hydrogen-bond acceptors (Lipinski definition) is 2. The van der Waals surface area contributed by atoms with Gasteiger partial charge in [-0.2, -0.15) is 0 Å². The van der Waals surface area contributed by atoms with Crippen LogP contribution in [0.2, 0.25) is 0 Å². The molecule has 1 saturated heterocycles. The summed E-state index contributed by atoms with van der Waals surface area (Å²) in [5.74, 6) is -4.37. The van der Waals surface area contributed by atoms with Crippen LogP contribution in [0.4, 0.5) is 8.78 Å². The largest absolute Gasteiger partial charge is 0.310 e. The molecule has 0 bridgehead atoms. The second kappa shape index (κ2) is 2.27. The molecule has 0 aromatic carbocycles. The predicted molar refractivity (Wildman–Crippen MR) is 32.0 cm³/mol. The topological polar surface area (TPSA) is 29.1 Å². The molecule has 0 aliphatic carbocycles. The third kappa shape index (κ3) is 1.16. The molecule has 1 atom stereocenters. The molecule has 2 nitrogen and oxygen atoms in total.